The summed E-state index contributed by atoms with van der Waals surface area (Å²) in [4.78, 5) is 13.0. The van der Waals surface area contributed by atoms with E-state index in [1.807, 2.05) is 0 Å². The summed E-state index contributed by atoms with van der Waals surface area (Å²) < 4.78 is 83.1. The molecule has 35 heavy (non-hydrogen) atoms. The van der Waals surface area contributed by atoms with E-state index in [2.05, 4.69) is 4.74 Å². The Kier molecular flexibility index (Phi) is 6.62. The van der Waals surface area contributed by atoms with Gasteiger partial charge in [0, 0.05) is 10.9 Å². The zero-order valence-corrected chi connectivity index (χ0v) is 18.9. The maximum absolute atomic E-state index is 13.8. The van der Waals surface area contributed by atoms with Crippen LogP contribution in [0.2, 0.25) is 0 Å². The van der Waals surface area contributed by atoms with E-state index in [1.165, 1.54) is 31.0 Å². The highest BCUT2D eigenvalue weighted by Gasteiger charge is 2.28. The van der Waals surface area contributed by atoms with Gasteiger partial charge < -0.3 is 19.0 Å². The zero-order valence-electron chi connectivity index (χ0n) is 18.0. The van der Waals surface area contributed by atoms with Gasteiger partial charge >= 0.3 is 5.97 Å². The fraction of sp³-hybridized carbons (Fsp3) is 0.125. The molecule has 0 aliphatic carbocycles. The lowest BCUT2D eigenvalue weighted by Crippen LogP contribution is -2.15. The summed E-state index contributed by atoms with van der Waals surface area (Å²) in [6.45, 7) is 0. The highest BCUT2D eigenvalue weighted by Crippen LogP contribution is 2.42. The number of ether oxygens (including phenoxy) is 2. The van der Waals surface area contributed by atoms with Gasteiger partial charge in [-0.05, 0) is 42.2 Å². The molecule has 0 bridgehead atoms. The minimum Gasteiger partial charge on any atom is -0.504 e. The molecule has 0 aliphatic heterocycles. The number of carbonyl (C=O) groups is 1. The van der Waals surface area contributed by atoms with Gasteiger partial charge in [0.25, 0.3) is 0 Å². The molecule has 0 fully saturated rings. The van der Waals surface area contributed by atoms with E-state index in [-0.39, 0.29) is 11.5 Å². The molecule has 1 aromatic heterocycles. The molecule has 4 rings (SSSR count). The van der Waals surface area contributed by atoms with Gasteiger partial charge in [-0.15, -0.1) is 11.8 Å². The quantitative estimate of drug-likeness (QED) is 0.0811. The molecule has 1 heterocycles. The van der Waals surface area contributed by atoms with Gasteiger partial charge in [-0.25, -0.2) is 13.2 Å². The Balaban J connectivity index is 1.65. The molecule has 0 atom stereocenters. The first-order chi connectivity index (χ1) is 16.7. The summed E-state index contributed by atoms with van der Waals surface area (Å²) in [5, 5.41) is 10.5. The Morgan fingerprint density at radius 1 is 0.971 bits per heavy atom. The topological polar surface area (TPSA) is 68.9 Å². The third-order valence-electron chi connectivity index (χ3n) is 5.09. The lowest BCUT2D eigenvalue weighted by Gasteiger charge is -2.09. The molecule has 0 spiro atoms. The molecule has 1 N–H and O–H groups in total. The van der Waals surface area contributed by atoms with Crippen molar-refractivity contribution in [1.29, 1.82) is 0 Å². The first kappa shape index (κ1) is 24.4. The van der Waals surface area contributed by atoms with Crippen LogP contribution < -0.4 is 9.47 Å². The van der Waals surface area contributed by atoms with Gasteiger partial charge in [0.1, 0.15) is 11.3 Å². The van der Waals surface area contributed by atoms with Crippen LogP contribution >= 0.6 is 11.8 Å². The van der Waals surface area contributed by atoms with Crippen molar-refractivity contribution in [3.05, 3.63) is 71.0 Å². The van der Waals surface area contributed by atoms with Crippen molar-refractivity contribution in [1.82, 2.24) is 0 Å². The van der Waals surface area contributed by atoms with Crippen LogP contribution in [0.15, 0.2) is 45.7 Å². The second kappa shape index (κ2) is 9.49. The number of aromatic hydroxyl groups is 1. The maximum Gasteiger partial charge on any atom is 0.315 e. The Hall–Kier alpha value is -3.73. The Morgan fingerprint density at radius 2 is 1.63 bits per heavy atom. The van der Waals surface area contributed by atoms with Gasteiger partial charge in [-0.2, -0.15) is 8.78 Å². The van der Waals surface area contributed by atoms with Crippen LogP contribution in [0.25, 0.3) is 22.3 Å². The number of thioether (sulfide) groups is 1. The molecule has 0 saturated heterocycles. The van der Waals surface area contributed by atoms with E-state index >= 15 is 0 Å². The molecule has 5 nitrogen and oxygen atoms in total. The van der Waals surface area contributed by atoms with Gasteiger partial charge in [-0.1, -0.05) is 6.07 Å². The number of rotatable bonds is 6. The largest absolute Gasteiger partial charge is 0.504 e. The fourth-order valence-corrected chi connectivity index (χ4v) is 4.16. The van der Waals surface area contributed by atoms with E-state index in [4.69, 9.17) is 9.15 Å². The first-order valence-electron chi connectivity index (χ1n) is 9.85. The van der Waals surface area contributed by atoms with Crippen LogP contribution in [-0.4, -0.2) is 24.4 Å². The normalized spacial score (nSPS) is 11.2. The third kappa shape index (κ3) is 4.39. The second-order valence-electron chi connectivity index (χ2n) is 7.23. The smallest absolute Gasteiger partial charge is 0.315 e. The summed E-state index contributed by atoms with van der Waals surface area (Å²) >= 11 is 1.35. The molecule has 0 saturated carbocycles. The Morgan fingerprint density at radius 3 is 2.26 bits per heavy atom. The number of hydrogen-bond donors (Lipinski definition) is 1. The van der Waals surface area contributed by atoms with Crippen LogP contribution in [0, 0.1) is 29.1 Å². The highest BCUT2D eigenvalue weighted by molar-refractivity contribution is 7.99. The molecule has 0 radical (unpaired) electrons. The van der Waals surface area contributed by atoms with Crippen molar-refractivity contribution in [2.45, 2.75) is 11.3 Å². The summed E-state index contributed by atoms with van der Waals surface area (Å²) in [5.74, 6) is -13.5. The number of methoxy groups -OCH3 is 1. The van der Waals surface area contributed by atoms with Crippen molar-refractivity contribution < 1.29 is 45.7 Å². The number of furan rings is 1. The number of halogens is 5. The SMILES string of the molecule is COc1cc(-c2oc3ccc(CC(=O)Oc4c(F)c(F)c(F)c(F)c4F)cc3c2SC)ccc1O. The molecule has 11 heteroatoms. The van der Waals surface area contributed by atoms with Gasteiger partial charge in [0.2, 0.25) is 34.8 Å². The highest BCUT2D eigenvalue weighted by atomic mass is 32.2. The third-order valence-corrected chi connectivity index (χ3v) is 5.90. The number of phenols is 1. The monoisotopic (exact) mass is 510 g/mol. The van der Waals surface area contributed by atoms with E-state index in [0.29, 0.717) is 32.8 Å². The summed E-state index contributed by atoms with van der Waals surface area (Å²) in [5.41, 5.74) is 1.43. The Bertz CT molecular complexity index is 1440. The molecule has 0 unspecified atom stereocenters. The molecular formula is C24H15F5O5S. The lowest BCUT2D eigenvalue weighted by atomic mass is 10.1. The molecule has 0 amide bonds. The lowest BCUT2D eigenvalue weighted by molar-refractivity contribution is -0.134. The van der Waals surface area contributed by atoms with Crippen LogP contribution in [0.5, 0.6) is 17.2 Å². The molecule has 0 aliphatic rings. The van der Waals surface area contributed by atoms with E-state index in [1.54, 1.807) is 30.5 Å². The van der Waals surface area contributed by atoms with Crippen LogP contribution in [-0.2, 0) is 11.2 Å². The van der Waals surface area contributed by atoms with Crippen molar-refractivity contribution in [2.24, 2.45) is 0 Å². The number of fused-ring (bicyclic) bond motifs is 1. The van der Waals surface area contributed by atoms with Crippen molar-refractivity contribution >= 4 is 28.7 Å². The zero-order chi connectivity index (χ0) is 25.4. The summed E-state index contributed by atoms with van der Waals surface area (Å²) in [6.07, 6.45) is 1.28. The molecule has 4 aromatic rings. The van der Waals surface area contributed by atoms with Gasteiger partial charge in [0.05, 0.1) is 18.4 Å². The number of phenolic OH excluding ortho intramolecular Hbond substituents is 1. The maximum atomic E-state index is 13.8. The molecule has 3 aromatic carbocycles. The standard InChI is InChI=1S/C24H15F5O5S/c1-32-15-9-11(4-5-13(15)30)22-24(35-2)12-7-10(3-6-14(12)33-22)8-16(31)34-23-20(28)18(26)17(25)19(27)21(23)29/h3-7,9,30H,8H2,1-2H3. The Labute approximate surface area is 199 Å². The van der Waals surface area contributed by atoms with E-state index in [0.717, 1.165) is 0 Å². The average molecular weight is 510 g/mol. The summed E-state index contributed by atoms with van der Waals surface area (Å²) in [6, 6.07) is 9.33. The van der Waals surface area contributed by atoms with Crippen molar-refractivity contribution in [2.75, 3.05) is 13.4 Å². The van der Waals surface area contributed by atoms with E-state index < -0.39 is 47.2 Å². The number of hydrogen-bond acceptors (Lipinski definition) is 6. The second-order valence-corrected chi connectivity index (χ2v) is 8.05. The number of benzene rings is 3. The van der Waals surface area contributed by atoms with E-state index in [9.17, 15) is 31.9 Å². The van der Waals surface area contributed by atoms with Gasteiger partial charge in [0.15, 0.2) is 11.5 Å². The molecular weight excluding hydrogens is 495 g/mol. The van der Waals surface area contributed by atoms with Crippen LogP contribution in [0.4, 0.5) is 22.0 Å². The van der Waals surface area contributed by atoms with Crippen molar-refractivity contribution in [3.8, 4) is 28.6 Å². The number of carbonyl (C=O) groups excluding carboxylic acids is 1. The van der Waals surface area contributed by atoms with Crippen molar-refractivity contribution in [3.63, 3.8) is 0 Å². The predicted molar refractivity (Wildman–Crippen MR) is 117 cm³/mol. The average Bonchev–Trinajstić information content (AvgIpc) is 3.22. The van der Waals surface area contributed by atoms with Crippen LogP contribution in [0.3, 0.4) is 0 Å². The minimum atomic E-state index is -2.35. The number of esters is 1. The van der Waals surface area contributed by atoms with Gasteiger partial charge in [-0.3, -0.25) is 4.79 Å². The molecule has 182 valence electrons. The van der Waals surface area contributed by atoms with Crippen LogP contribution in [0.1, 0.15) is 5.56 Å². The minimum absolute atomic E-state index is 0.0485. The first-order valence-corrected chi connectivity index (χ1v) is 11.1. The summed E-state index contributed by atoms with van der Waals surface area (Å²) in [7, 11) is 1.41. The predicted octanol–water partition coefficient (Wildman–Crippen LogP) is 6.38. The fourth-order valence-electron chi connectivity index (χ4n) is 3.43.